The first-order chi connectivity index (χ1) is 17.4. The SMILES string of the molecule is CCCCCn1cc(-c2ccc(Cl)nc2)nc1C.Cc1nc(-c2ccc(Cl)nc2)cn1CCCCN. The van der Waals surface area contributed by atoms with Crippen molar-refractivity contribution in [3.63, 3.8) is 0 Å². The monoisotopic (exact) mass is 527 g/mol. The van der Waals surface area contributed by atoms with Gasteiger partial charge in [-0.15, -0.1) is 0 Å². The van der Waals surface area contributed by atoms with E-state index in [1.807, 2.05) is 26.0 Å². The Bertz CT molecular complexity index is 1100. The molecule has 4 rings (SSSR count). The largest absolute Gasteiger partial charge is 0.335 e. The molecule has 4 heterocycles. The topological polar surface area (TPSA) is 87.4 Å². The van der Waals surface area contributed by atoms with Gasteiger partial charge in [0.15, 0.2) is 0 Å². The number of rotatable bonds is 10. The number of nitrogens with zero attached hydrogens (tertiary/aromatic N) is 6. The maximum Gasteiger partial charge on any atom is 0.129 e. The molecule has 0 unspecified atom stereocenters. The molecule has 0 aromatic carbocycles. The second kappa shape index (κ2) is 14.1. The normalized spacial score (nSPS) is 10.8. The van der Waals surface area contributed by atoms with Crippen molar-refractivity contribution in [3.05, 3.63) is 71.0 Å². The summed E-state index contributed by atoms with van der Waals surface area (Å²) in [6.07, 6.45) is 13.5. The Kier molecular flexibility index (Phi) is 10.9. The molecule has 192 valence electrons. The van der Waals surface area contributed by atoms with Gasteiger partial charge in [0, 0.05) is 49.0 Å². The minimum absolute atomic E-state index is 0.498. The van der Waals surface area contributed by atoms with Gasteiger partial charge in [-0.25, -0.2) is 19.9 Å². The lowest BCUT2D eigenvalue weighted by molar-refractivity contribution is 0.590. The number of aryl methyl sites for hydroxylation is 4. The molecule has 0 aliphatic carbocycles. The molecular weight excluding hydrogens is 493 g/mol. The van der Waals surface area contributed by atoms with Crippen LogP contribution in [0.3, 0.4) is 0 Å². The number of hydrogen-bond donors (Lipinski definition) is 1. The second-order valence-corrected chi connectivity index (χ2v) is 9.45. The molecule has 0 amide bonds. The van der Waals surface area contributed by atoms with E-state index in [9.17, 15) is 0 Å². The zero-order chi connectivity index (χ0) is 25.9. The maximum atomic E-state index is 5.78. The molecule has 0 saturated heterocycles. The molecule has 2 N–H and O–H groups in total. The molecule has 36 heavy (non-hydrogen) atoms. The highest BCUT2D eigenvalue weighted by molar-refractivity contribution is 6.29. The van der Waals surface area contributed by atoms with Gasteiger partial charge in [0.1, 0.15) is 22.0 Å². The number of nitrogens with two attached hydrogens (primary N) is 1. The van der Waals surface area contributed by atoms with Gasteiger partial charge in [0.05, 0.1) is 11.4 Å². The number of aromatic nitrogens is 6. The van der Waals surface area contributed by atoms with Crippen molar-refractivity contribution < 1.29 is 0 Å². The Morgan fingerprint density at radius 2 is 1.19 bits per heavy atom. The second-order valence-electron chi connectivity index (χ2n) is 8.68. The fraction of sp³-hybridized carbons (Fsp3) is 0.407. The van der Waals surface area contributed by atoms with Crippen LogP contribution in [0, 0.1) is 13.8 Å². The minimum Gasteiger partial charge on any atom is -0.335 e. The first kappa shape index (κ1) is 27.8. The highest BCUT2D eigenvalue weighted by Crippen LogP contribution is 2.20. The Labute approximate surface area is 223 Å². The molecule has 0 saturated carbocycles. The quantitative estimate of drug-likeness (QED) is 0.182. The Morgan fingerprint density at radius 3 is 1.58 bits per heavy atom. The Morgan fingerprint density at radius 1 is 0.722 bits per heavy atom. The van der Waals surface area contributed by atoms with Gasteiger partial charge in [0.25, 0.3) is 0 Å². The summed E-state index contributed by atoms with van der Waals surface area (Å²) in [5.41, 5.74) is 9.39. The van der Waals surface area contributed by atoms with Crippen LogP contribution in [0.25, 0.3) is 22.5 Å². The molecule has 7 nitrogen and oxygen atoms in total. The predicted octanol–water partition coefficient (Wildman–Crippen LogP) is 6.74. The third-order valence-electron chi connectivity index (χ3n) is 5.85. The van der Waals surface area contributed by atoms with Crippen LogP contribution < -0.4 is 5.73 Å². The summed E-state index contributed by atoms with van der Waals surface area (Å²) in [6.45, 7) is 8.99. The predicted molar refractivity (Wildman–Crippen MR) is 148 cm³/mol. The summed E-state index contributed by atoms with van der Waals surface area (Å²) in [7, 11) is 0. The molecule has 9 heteroatoms. The van der Waals surface area contributed by atoms with Crippen molar-refractivity contribution in [1.29, 1.82) is 0 Å². The fourth-order valence-corrected chi connectivity index (χ4v) is 3.98. The first-order valence-corrected chi connectivity index (χ1v) is 13.2. The summed E-state index contributed by atoms with van der Waals surface area (Å²) >= 11 is 11.6. The van der Waals surface area contributed by atoms with E-state index in [0.717, 1.165) is 66.6 Å². The van der Waals surface area contributed by atoms with Crippen LogP contribution in [0.2, 0.25) is 10.3 Å². The number of halogens is 2. The van der Waals surface area contributed by atoms with Gasteiger partial charge in [-0.3, -0.25) is 0 Å². The highest BCUT2D eigenvalue weighted by atomic mass is 35.5. The van der Waals surface area contributed by atoms with E-state index in [2.05, 4.69) is 48.4 Å². The number of hydrogen-bond acceptors (Lipinski definition) is 5. The summed E-state index contributed by atoms with van der Waals surface area (Å²) < 4.78 is 4.36. The lowest BCUT2D eigenvalue weighted by Crippen LogP contribution is -2.03. The zero-order valence-electron chi connectivity index (χ0n) is 21.3. The molecule has 4 aromatic rings. The Hall–Kier alpha value is -2.74. The summed E-state index contributed by atoms with van der Waals surface area (Å²) in [6, 6.07) is 7.46. The zero-order valence-corrected chi connectivity index (χ0v) is 22.8. The average Bonchev–Trinajstić information content (AvgIpc) is 3.43. The van der Waals surface area contributed by atoms with Gasteiger partial charge in [0.2, 0.25) is 0 Å². The lowest BCUT2D eigenvalue weighted by atomic mass is 10.2. The molecule has 0 atom stereocenters. The fourth-order valence-electron chi connectivity index (χ4n) is 3.76. The van der Waals surface area contributed by atoms with E-state index in [1.54, 1.807) is 24.5 Å². The van der Waals surface area contributed by atoms with E-state index in [0.29, 0.717) is 10.3 Å². The number of pyridine rings is 2. The summed E-state index contributed by atoms with van der Waals surface area (Å²) in [4.78, 5) is 17.3. The standard InChI is InChI=1S/C14H18ClN3.C13H17ClN4/c1-3-4-5-8-18-10-13(17-11(18)2)12-6-7-14(15)16-9-12;1-10-17-12(9-18(10)7-3-2-6-15)11-4-5-13(14)16-8-11/h6-7,9-10H,3-5,8H2,1-2H3;4-5,8-9H,2-3,6-7,15H2,1H3. The number of imidazole rings is 2. The van der Waals surface area contributed by atoms with Gasteiger partial charge in [-0.05, 0) is 63.9 Å². The molecule has 0 aliphatic heterocycles. The van der Waals surface area contributed by atoms with E-state index in [4.69, 9.17) is 28.9 Å². The lowest BCUT2D eigenvalue weighted by Gasteiger charge is -2.02. The van der Waals surface area contributed by atoms with Crippen LogP contribution in [0.1, 0.15) is 50.7 Å². The maximum absolute atomic E-state index is 5.78. The molecule has 0 radical (unpaired) electrons. The van der Waals surface area contributed by atoms with Crippen molar-refractivity contribution in [2.75, 3.05) is 6.54 Å². The van der Waals surface area contributed by atoms with Gasteiger partial charge >= 0.3 is 0 Å². The Balaban J connectivity index is 0.000000201. The average molecular weight is 529 g/mol. The van der Waals surface area contributed by atoms with E-state index in [-0.39, 0.29) is 0 Å². The van der Waals surface area contributed by atoms with Crippen LogP contribution in [0.15, 0.2) is 49.1 Å². The van der Waals surface area contributed by atoms with Crippen LogP contribution >= 0.6 is 23.2 Å². The van der Waals surface area contributed by atoms with Gasteiger partial charge in [-0.2, -0.15) is 0 Å². The van der Waals surface area contributed by atoms with Crippen LogP contribution in [0.5, 0.6) is 0 Å². The van der Waals surface area contributed by atoms with Gasteiger partial charge < -0.3 is 14.9 Å². The summed E-state index contributed by atoms with van der Waals surface area (Å²) in [5.74, 6) is 2.06. The van der Waals surface area contributed by atoms with E-state index in [1.165, 1.54) is 19.3 Å². The molecule has 0 aliphatic rings. The van der Waals surface area contributed by atoms with Crippen LogP contribution in [0.4, 0.5) is 0 Å². The van der Waals surface area contributed by atoms with Crippen LogP contribution in [-0.2, 0) is 13.1 Å². The van der Waals surface area contributed by atoms with Crippen LogP contribution in [-0.4, -0.2) is 35.6 Å². The van der Waals surface area contributed by atoms with Crippen molar-refractivity contribution in [2.45, 2.75) is 66.0 Å². The highest BCUT2D eigenvalue weighted by Gasteiger charge is 2.07. The first-order valence-electron chi connectivity index (χ1n) is 12.4. The van der Waals surface area contributed by atoms with Crippen molar-refractivity contribution >= 4 is 23.2 Å². The van der Waals surface area contributed by atoms with Gasteiger partial charge in [-0.1, -0.05) is 43.0 Å². The molecule has 0 spiro atoms. The molecule has 0 fully saturated rings. The molecule has 0 bridgehead atoms. The third kappa shape index (κ3) is 8.15. The molecule has 4 aromatic heterocycles. The van der Waals surface area contributed by atoms with Crippen molar-refractivity contribution in [2.24, 2.45) is 5.73 Å². The third-order valence-corrected chi connectivity index (χ3v) is 6.30. The van der Waals surface area contributed by atoms with E-state index < -0.39 is 0 Å². The minimum atomic E-state index is 0.498. The number of unbranched alkanes of at least 4 members (excludes halogenated alkanes) is 3. The molecular formula is C27H35Cl2N7. The van der Waals surface area contributed by atoms with E-state index >= 15 is 0 Å². The summed E-state index contributed by atoms with van der Waals surface area (Å²) in [5, 5.41) is 1.01. The smallest absolute Gasteiger partial charge is 0.129 e. The van der Waals surface area contributed by atoms with Crippen molar-refractivity contribution in [1.82, 2.24) is 29.1 Å². The van der Waals surface area contributed by atoms with Crippen molar-refractivity contribution in [3.8, 4) is 22.5 Å².